The lowest BCUT2D eigenvalue weighted by atomic mass is 9.76. The van der Waals surface area contributed by atoms with Gasteiger partial charge in [0, 0.05) is 6.04 Å². The van der Waals surface area contributed by atoms with Crippen LogP contribution in [0.1, 0.15) is 52.9 Å². The van der Waals surface area contributed by atoms with Crippen molar-refractivity contribution in [1.82, 2.24) is 5.32 Å². The zero-order valence-corrected chi connectivity index (χ0v) is 10.7. The molecule has 0 aliphatic heterocycles. The Kier molecular flexibility index (Phi) is 5.38. The summed E-state index contributed by atoms with van der Waals surface area (Å²) in [6, 6.07) is 0.623. The molecule has 0 aromatic carbocycles. The van der Waals surface area contributed by atoms with Crippen molar-refractivity contribution < 1.29 is 0 Å². The van der Waals surface area contributed by atoms with Crippen molar-refractivity contribution in [1.29, 1.82) is 0 Å². The molecule has 88 valence electrons. The Balaban J connectivity index is 2.39. The number of rotatable bonds is 5. The Hall–Kier alpha value is -0.300. The highest BCUT2D eigenvalue weighted by molar-refractivity contribution is 4.93. The third-order valence-electron chi connectivity index (χ3n) is 3.47. The first-order chi connectivity index (χ1) is 7.09. The molecule has 0 amide bonds. The molecule has 1 heteroatoms. The maximum atomic E-state index is 4.06. The molecule has 1 aliphatic rings. The Labute approximate surface area is 95.3 Å². The largest absolute Gasteiger partial charge is 0.314 e. The summed E-state index contributed by atoms with van der Waals surface area (Å²) in [5.41, 5.74) is 1.36. The standard InChI is InChI=1S/C14H27N/c1-11(2)9-13-7-5-6-8-14(13)10-15-12(3)4/h12-15H,1,5-10H2,2-4H3. The lowest BCUT2D eigenvalue weighted by molar-refractivity contribution is 0.224. The van der Waals surface area contributed by atoms with Gasteiger partial charge in [0.15, 0.2) is 0 Å². The van der Waals surface area contributed by atoms with Crippen molar-refractivity contribution in [2.45, 2.75) is 58.9 Å². The van der Waals surface area contributed by atoms with Gasteiger partial charge in [-0.25, -0.2) is 0 Å². The third-order valence-corrected chi connectivity index (χ3v) is 3.47. The normalized spacial score (nSPS) is 26.9. The Morgan fingerprint density at radius 2 is 1.87 bits per heavy atom. The van der Waals surface area contributed by atoms with Gasteiger partial charge in [0.25, 0.3) is 0 Å². The van der Waals surface area contributed by atoms with Crippen LogP contribution in [0, 0.1) is 11.8 Å². The van der Waals surface area contributed by atoms with E-state index in [0.29, 0.717) is 6.04 Å². The van der Waals surface area contributed by atoms with Crippen LogP contribution in [0.2, 0.25) is 0 Å². The molecule has 0 spiro atoms. The monoisotopic (exact) mass is 209 g/mol. The Morgan fingerprint density at radius 1 is 1.27 bits per heavy atom. The fraction of sp³-hybridized carbons (Fsp3) is 0.857. The van der Waals surface area contributed by atoms with Gasteiger partial charge >= 0.3 is 0 Å². The summed E-state index contributed by atoms with van der Waals surface area (Å²) in [5.74, 6) is 1.78. The van der Waals surface area contributed by atoms with Gasteiger partial charge in [0.05, 0.1) is 0 Å². The van der Waals surface area contributed by atoms with E-state index in [1.807, 2.05) is 0 Å². The van der Waals surface area contributed by atoms with E-state index in [2.05, 4.69) is 32.7 Å². The summed E-state index contributed by atoms with van der Waals surface area (Å²) in [7, 11) is 0. The van der Waals surface area contributed by atoms with E-state index in [1.165, 1.54) is 44.2 Å². The van der Waals surface area contributed by atoms with Crippen LogP contribution in [-0.2, 0) is 0 Å². The zero-order valence-electron chi connectivity index (χ0n) is 10.7. The van der Waals surface area contributed by atoms with E-state index in [-0.39, 0.29) is 0 Å². The van der Waals surface area contributed by atoms with Crippen molar-refractivity contribution in [3.63, 3.8) is 0 Å². The van der Waals surface area contributed by atoms with Crippen molar-refractivity contribution in [2.24, 2.45) is 11.8 Å². The molecule has 1 saturated carbocycles. The molecule has 0 aromatic rings. The van der Waals surface area contributed by atoms with Crippen LogP contribution in [0.4, 0.5) is 0 Å². The zero-order chi connectivity index (χ0) is 11.3. The summed E-state index contributed by atoms with van der Waals surface area (Å²) in [6.45, 7) is 11.9. The fourth-order valence-corrected chi connectivity index (χ4v) is 2.66. The molecule has 0 radical (unpaired) electrons. The summed E-state index contributed by atoms with van der Waals surface area (Å²) in [4.78, 5) is 0. The number of hydrogen-bond donors (Lipinski definition) is 1. The molecular formula is C14H27N. The maximum Gasteiger partial charge on any atom is 0.00104 e. The Morgan fingerprint density at radius 3 is 2.40 bits per heavy atom. The number of hydrogen-bond acceptors (Lipinski definition) is 1. The summed E-state index contributed by atoms with van der Waals surface area (Å²) < 4.78 is 0. The molecule has 0 bridgehead atoms. The van der Waals surface area contributed by atoms with Gasteiger partial charge in [-0.2, -0.15) is 0 Å². The van der Waals surface area contributed by atoms with Gasteiger partial charge in [-0.1, -0.05) is 32.3 Å². The molecule has 0 saturated heterocycles. The van der Waals surface area contributed by atoms with Gasteiger partial charge in [-0.3, -0.25) is 0 Å². The van der Waals surface area contributed by atoms with Gasteiger partial charge in [0.2, 0.25) is 0 Å². The molecular weight excluding hydrogens is 182 g/mol. The van der Waals surface area contributed by atoms with Gasteiger partial charge in [-0.15, -0.1) is 6.58 Å². The fourth-order valence-electron chi connectivity index (χ4n) is 2.66. The van der Waals surface area contributed by atoms with Crippen LogP contribution in [0.15, 0.2) is 12.2 Å². The van der Waals surface area contributed by atoms with E-state index >= 15 is 0 Å². The molecule has 2 atom stereocenters. The molecule has 1 aliphatic carbocycles. The minimum atomic E-state index is 0.623. The molecule has 1 N–H and O–H groups in total. The molecule has 0 aromatic heterocycles. The van der Waals surface area contributed by atoms with E-state index in [9.17, 15) is 0 Å². The van der Waals surface area contributed by atoms with E-state index < -0.39 is 0 Å². The Bertz CT molecular complexity index is 196. The van der Waals surface area contributed by atoms with Crippen LogP contribution < -0.4 is 5.32 Å². The van der Waals surface area contributed by atoms with Crippen LogP contribution in [0.5, 0.6) is 0 Å². The van der Waals surface area contributed by atoms with Crippen molar-refractivity contribution in [3.8, 4) is 0 Å². The second-order valence-electron chi connectivity index (χ2n) is 5.53. The number of allylic oxidation sites excluding steroid dienone is 1. The SMILES string of the molecule is C=C(C)CC1CCCCC1CNC(C)C. The molecule has 2 unspecified atom stereocenters. The summed E-state index contributed by atoms with van der Waals surface area (Å²) >= 11 is 0. The topological polar surface area (TPSA) is 12.0 Å². The first-order valence-electron chi connectivity index (χ1n) is 6.47. The van der Waals surface area contributed by atoms with E-state index in [4.69, 9.17) is 0 Å². The van der Waals surface area contributed by atoms with E-state index in [1.54, 1.807) is 0 Å². The van der Waals surface area contributed by atoms with Crippen LogP contribution in [0.3, 0.4) is 0 Å². The van der Waals surface area contributed by atoms with Crippen molar-refractivity contribution in [3.05, 3.63) is 12.2 Å². The average Bonchev–Trinajstić information content (AvgIpc) is 2.15. The second-order valence-corrected chi connectivity index (χ2v) is 5.53. The smallest absolute Gasteiger partial charge is 0.00104 e. The third kappa shape index (κ3) is 4.83. The average molecular weight is 209 g/mol. The predicted molar refractivity (Wildman–Crippen MR) is 68.0 cm³/mol. The van der Waals surface area contributed by atoms with Gasteiger partial charge < -0.3 is 5.32 Å². The first kappa shape index (κ1) is 12.8. The second kappa shape index (κ2) is 6.32. The molecule has 1 nitrogen and oxygen atoms in total. The van der Waals surface area contributed by atoms with Gasteiger partial charge in [-0.05, 0) is 44.6 Å². The predicted octanol–water partition coefficient (Wildman–Crippen LogP) is 3.76. The highest BCUT2D eigenvalue weighted by Gasteiger charge is 2.24. The maximum absolute atomic E-state index is 4.06. The minimum absolute atomic E-state index is 0.623. The lowest BCUT2D eigenvalue weighted by Crippen LogP contribution is -2.34. The van der Waals surface area contributed by atoms with Crippen LogP contribution in [0.25, 0.3) is 0 Å². The molecule has 1 rings (SSSR count). The van der Waals surface area contributed by atoms with Crippen LogP contribution in [-0.4, -0.2) is 12.6 Å². The summed E-state index contributed by atoms with van der Waals surface area (Å²) in [5, 5.41) is 3.59. The van der Waals surface area contributed by atoms with Gasteiger partial charge in [0.1, 0.15) is 0 Å². The van der Waals surface area contributed by atoms with Crippen molar-refractivity contribution in [2.75, 3.05) is 6.54 Å². The van der Waals surface area contributed by atoms with Crippen LogP contribution >= 0.6 is 0 Å². The summed E-state index contributed by atoms with van der Waals surface area (Å²) in [6.07, 6.45) is 6.92. The molecule has 15 heavy (non-hydrogen) atoms. The highest BCUT2D eigenvalue weighted by Crippen LogP contribution is 2.33. The highest BCUT2D eigenvalue weighted by atomic mass is 14.9. The number of nitrogens with one attached hydrogen (secondary N) is 1. The minimum Gasteiger partial charge on any atom is -0.314 e. The van der Waals surface area contributed by atoms with E-state index in [0.717, 1.165) is 11.8 Å². The quantitative estimate of drug-likeness (QED) is 0.680. The molecule has 0 heterocycles. The molecule has 1 fully saturated rings. The lowest BCUT2D eigenvalue weighted by Gasteiger charge is -2.32. The first-order valence-corrected chi connectivity index (χ1v) is 6.47. The van der Waals surface area contributed by atoms with Crippen molar-refractivity contribution >= 4 is 0 Å².